The molecule has 2 aromatic carbocycles. The minimum atomic E-state index is -4.62. The summed E-state index contributed by atoms with van der Waals surface area (Å²) in [4.78, 5) is 3.19. The molecule has 0 aliphatic heterocycles. The van der Waals surface area contributed by atoms with Crippen LogP contribution in [-0.2, 0) is 16.2 Å². The summed E-state index contributed by atoms with van der Waals surface area (Å²) in [5.41, 5.74) is -0.883. The Labute approximate surface area is 167 Å². The van der Waals surface area contributed by atoms with Crippen molar-refractivity contribution < 1.29 is 30.4 Å². The predicted molar refractivity (Wildman–Crippen MR) is 99.0 cm³/mol. The van der Waals surface area contributed by atoms with E-state index in [1.54, 1.807) is 18.2 Å². The average molecular weight is 448 g/mol. The minimum Gasteiger partial charge on any atom is -0.243 e. The number of aromatic nitrogens is 1. The zero-order chi connectivity index (χ0) is 21.2. The maximum absolute atomic E-state index is 13.7. The Morgan fingerprint density at radius 1 is 1.03 bits per heavy atom. The minimum absolute atomic E-state index is 0.0767. The Bertz CT molecular complexity index is 1150. The monoisotopic (exact) mass is 448 g/mol. The number of para-hydroxylation sites is 1. The van der Waals surface area contributed by atoms with E-state index in [9.17, 15) is 30.4 Å². The molecule has 0 aliphatic carbocycles. The van der Waals surface area contributed by atoms with E-state index in [1.165, 1.54) is 6.07 Å². The third-order valence-electron chi connectivity index (χ3n) is 3.80. The Kier molecular flexibility index (Phi) is 6.11. The van der Waals surface area contributed by atoms with Gasteiger partial charge in [0.15, 0.2) is 0 Å². The second-order valence-corrected chi connectivity index (χ2v) is 8.71. The Hall–Kier alpha value is -2.24. The van der Waals surface area contributed by atoms with Crippen LogP contribution in [0.25, 0.3) is 10.9 Å². The highest BCUT2D eigenvalue weighted by atomic mass is 32.2. The van der Waals surface area contributed by atoms with E-state index >= 15 is 0 Å². The molecule has 0 radical (unpaired) electrons. The molecule has 3 rings (SSSR count). The van der Waals surface area contributed by atoms with Gasteiger partial charge in [-0.05, 0) is 24.3 Å². The van der Waals surface area contributed by atoms with E-state index in [0.29, 0.717) is 11.5 Å². The van der Waals surface area contributed by atoms with E-state index in [0.717, 1.165) is 30.0 Å². The number of pyridine rings is 1. The molecule has 0 amide bonds. The highest BCUT2D eigenvalue weighted by Crippen LogP contribution is 2.34. The van der Waals surface area contributed by atoms with E-state index in [1.807, 2.05) is 0 Å². The lowest BCUT2D eigenvalue weighted by molar-refractivity contribution is -0.141. The maximum Gasteiger partial charge on any atom is 0.433 e. The van der Waals surface area contributed by atoms with Gasteiger partial charge in [-0.15, -0.1) is 11.8 Å². The van der Waals surface area contributed by atoms with Gasteiger partial charge in [-0.2, -0.15) is 13.2 Å². The van der Waals surface area contributed by atoms with Gasteiger partial charge in [0.05, 0.1) is 5.52 Å². The standard InChI is InChI=1S/C18H13F5N2O2S2/c19-11-5-6-16(13(20)9-11)29(26,27)24-7-8-28-15-10-17(18(21,22)23)25-14-4-2-1-3-12(14)15/h1-6,9-10,24H,7-8H2. The molecule has 4 nitrogen and oxygen atoms in total. The van der Waals surface area contributed by atoms with Crippen LogP contribution in [0, 0.1) is 11.6 Å². The largest absolute Gasteiger partial charge is 0.433 e. The number of hydrogen-bond donors (Lipinski definition) is 1. The van der Waals surface area contributed by atoms with Crippen LogP contribution >= 0.6 is 11.8 Å². The van der Waals surface area contributed by atoms with Crippen LogP contribution in [0.5, 0.6) is 0 Å². The van der Waals surface area contributed by atoms with Crippen LogP contribution < -0.4 is 4.72 Å². The second-order valence-electron chi connectivity index (χ2n) is 5.84. The first-order valence-electron chi connectivity index (χ1n) is 8.12. The molecule has 11 heteroatoms. The van der Waals surface area contributed by atoms with Crippen LogP contribution in [-0.4, -0.2) is 25.7 Å². The van der Waals surface area contributed by atoms with Gasteiger partial charge in [-0.3, -0.25) is 0 Å². The summed E-state index contributed by atoms with van der Waals surface area (Å²) in [6.07, 6.45) is -4.62. The number of fused-ring (bicyclic) bond motifs is 1. The number of alkyl halides is 3. The number of rotatable bonds is 6. The van der Waals surface area contributed by atoms with Gasteiger partial charge in [-0.25, -0.2) is 26.9 Å². The van der Waals surface area contributed by atoms with Crippen LogP contribution in [0.3, 0.4) is 0 Å². The molecule has 0 spiro atoms. The molecule has 0 fully saturated rings. The fraction of sp³-hybridized carbons (Fsp3) is 0.167. The van der Waals surface area contributed by atoms with Crippen molar-refractivity contribution in [3.05, 3.63) is 65.9 Å². The van der Waals surface area contributed by atoms with Gasteiger partial charge in [-0.1, -0.05) is 18.2 Å². The summed E-state index contributed by atoms with van der Waals surface area (Å²) >= 11 is 1.00. The molecule has 1 heterocycles. The first kappa shape index (κ1) is 21.5. The quantitative estimate of drug-likeness (QED) is 0.340. The number of halogens is 5. The van der Waals surface area contributed by atoms with Gasteiger partial charge in [0.1, 0.15) is 22.2 Å². The van der Waals surface area contributed by atoms with E-state index < -0.39 is 38.4 Å². The SMILES string of the molecule is O=S(=O)(NCCSc1cc(C(F)(F)F)nc2ccccc12)c1ccc(F)cc1F. The van der Waals surface area contributed by atoms with Crippen molar-refractivity contribution in [1.29, 1.82) is 0 Å². The Morgan fingerprint density at radius 3 is 2.45 bits per heavy atom. The van der Waals surface area contributed by atoms with E-state index in [2.05, 4.69) is 9.71 Å². The molecule has 0 atom stereocenters. The lowest BCUT2D eigenvalue weighted by atomic mass is 10.2. The molecular weight excluding hydrogens is 435 g/mol. The third kappa shape index (κ3) is 5.03. The van der Waals surface area contributed by atoms with Crippen molar-refractivity contribution in [2.45, 2.75) is 16.0 Å². The summed E-state index contributed by atoms with van der Waals surface area (Å²) in [6, 6.07) is 9.25. The predicted octanol–water partition coefficient (Wildman–Crippen LogP) is 4.60. The number of benzene rings is 2. The molecule has 0 unspecified atom stereocenters. The summed E-state index contributed by atoms with van der Waals surface area (Å²) in [5, 5.41) is 0.498. The smallest absolute Gasteiger partial charge is 0.243 e. The molecule has 3 aromatic rings. The maximum atomic E-state index is 13.7. The van der Waals surface area contributed by atoms with Crippen molar-refractivity contribution in [2.24, 2.45) is 0 Å². The average Bonchev–Trinajstić information content (AvgIpc) is 2.64. The summed E-state index contributed by atoms with van der Waals surface area (Å²) < 4.78 is 92.2. The van der Waals surface area contributed by atoms with Gasteiger partial charge in [0.25, 0.3) is 0 Å². The summed E-state index contributed by atoms with van der Waals surface area (Å²) in [5.74, 6) is -2.07. The summed E-state index contributed by atoms with van der Waals surface area (Å²) in [6.45, 7) is -0.179. The highest BCUT2D eigenvalue weighted by molar-refractivity contribution is 7.99. The molecule has 1 aromatic heterocycles. The van der Waals surface area contributed by atoms with Crippen molar-refractivity contribution in [2.75, 3.05) is 12.3 Å². The van der Waals surface area contributed by atoms with Crippen molar-refractivity contribution in [3.63, 3.8) is 0 Å². The molecule has 154 valence electrons. The molecule has 0 saturated heterocycles. The normalized spacial score (nSPS) is 12.4. The molecular formula is C18H13F5N2O2S2. The molecule has 29 heavy (non-hydrogen) atoms. The fourth-order valence-corrected chi connectivity index (χ4v) is 4.68. The van der Waals surface area contributed by atoms with Gasteiger partial charge in [0, 0.05) is 28.6 Å². The van der Waals surface area contributed by atoms with Crippen molar-refractivity contribution in [1.82, 2.24) is 9.71 Å². The Balaban J connectivity index is 1.74. The number of nitrogens with zero attached hydrogens (tertiary/aromatic N) is 1. The van der Waals surface area contributed by atoms with Gasteiger partial charge < -0.3 is 0 Å². The molecule has 0 bridgehead atoms. The third-order valence-corrected chi connectivity index (χ3v) is 6.36. The fourth-order valence-electron chi connectivity index (χ4n) is 2.52. The summed E-state index contributed by atoms with van der Waals surface area (Å²) in [7, 11) is -4.23. The number of nitrogens with one attached hydrogen (secondary N) is 1. The lowest BCUT2D eigenvalue weighted by Crippen LogP contribution is -2.26. The zero-order valence-corrected chi connectivity index (χ0v) is 16.1. The number of thioether (sulfide) groups is 1. The Morgan fingerprint density at radius 2 is 1.76 bits per heavy atom. The van der Waals surface area contributed by atoms with Crippen LogP contribution in [0.1, 0.15) is 5.69 Å². The van der Waals surface area contributed by atoms with Crippen molar-refractivity contribution >= 4 is 32.7 Å². The number of hydrogen-bond acceptors (Lipinski definition) is 4. The molecule has 0 saturated carbocycles. The molecule has 1 N–H and O–H groups in total. The zero-order valence-electron chi connectivity index (χ0n) is 14.5. The highest BCUT2D eigenvalue weighted by Gasteiger charge is 2.33. The van der Waals surface area contributed by atoms with Crippen molar-refractivity contribution in [3.8, 4) is 0 Å². The van der Waals surface area contributed by atoms with Gasteiger partial charge >= 0.3 is 6.18 Å². The van der Waals surface area contributed by atoms with Crippen LogP contribution in [0.2, 0.25) is 0 Å². The second kappa shape index (κ2) is 8.25. The van der Waals surface area contributed by atoms with Crippen LogP contribution in [0.4, 0.5) is 22.0 Å². The first-order valence-corrected chi connectivity index (χ1v) is 10.6. The van der Waals surface area contributed by atoms with E-state index in [4.69, 9.17) is 0 Å². The van der Waals surface area contributed by atoms with Gasteiger partial charge in [0.2, 0.25) is 10.0 Å². The number of sulfonamides is 1. The van der Waals surface area contributed by atoms with Crippen LogP contribution in [0.15, 0.2) is 58.3 Å². The van der Waals surface area contributed by atoms with E-state index in [-0.39, 0.29) is 22.7 Å². The lowest BCUT2D eigenvalue weighted by Gasteiger charge is -2.12. The first-order chi connectivity index (χ1) is 13.6. The molecule has 0 aliphatic rings. The topological polar surface area (TPSA) is 59.1 Å².